The van der Waals surface area contributed by atoms with E-state index in [2.05, 4.69) is 16.9 Å². The molecule has 0 radical (unpaired) electrons. The van der Waals surface area contributed by atoms with Gasteiger partial charge in [-0.1, -0.05) is 0 Å². The van der Waals surface area contributed by atoms with Gasteiger partial charge in [0.15, 0.2) is 0 Å². The molecule has 5 heteroatoms. The van der Waals surface area contributed by atoms with Gasteiger partial charge in [-0.3, -0.25) is 0 Å². The summed E-state index contributed by atoms with van der Waals surface area (Å²) in [7, 11) is 0. The molecule has 1 amide bonds. The predicted molar refractivity (Wildman–Crippen MR) is 81.6 cm³/mol. The van der Waals surface area contributed by atoms with E-state index in [0.29, 0.717) is 6.04 Å². The van der Waals surface area contributed by atoms with Crippen LogP contribution in [0.2, 0.25) is 0 Å². The molecule has 3 rings (SSSR count). The maximum atomic E-state index is 12.3. The molecule has 0 unspecified atom stereocenters. The number of anilines is 1. The van der Waals surface area contributed by atoms with Gasteiger partial charge in [-0.05, 0) is 0 Å². The fourth-order valence-electron chi connectivity index (χ4n) is 2.71. The molecule has 1 N–H and O–H groups in total. The van der Waals surface area contributed by atoms with Gasteiger partial charge in [0.1, 0.15) is 0 Å². The minimum atomic E-state index is -1.03. The Bertz CT molecular complexity index is 535. The summed E-state index contributed by atoms with van der Waals surface area (Å²) in [5.41, 5.74) is 1.95. The molecule has 2 aliphatic rings. The first-order valence-corrected chi connectivity index (χ1v) is 10.6. The van der Waals surface area contributed by atoms with Crippen molar-refractivity contribution in [3.05, 3.63) is 36.3 Å². The molecule has 1 saturated carbocycles. The third-order valence-corrected chi connectivity index (χ3v) is 7.48. The summed E-state index contributed by atoms with van der Waals surface area (Å²) < 4.78 is 4.40. The van der Waals surface area contributed by atoms with Gasteiger partial charge in [-0.2, -0.15) is 0 Å². The molecule has 1 aliphatic heterocycles. The number of nitrogens with one attached hydrogen (secondary N) is 1. The van der Waals surface area contributed by atoms with Crippen LogP contribution in [0.15, 0.2) is 36.3 Å². The van der Waals surface area contributed by atoms with E-state index in [1.54, 1.807) is 6.20 Å². The molecule has 102 valence electrons. The Kier molecular flexibility index (Phi) is 4.55. The first-order chi connectivity index (χ1) is 9.83. The normalized spacial score (nSPS) is 18.6. The van der Waals surface area contributed by atoms with Gasteiger partial charge in [0.2, 0.25) is 0 Å². The molecule has 2 heterocycles. The van der Waals surface area contributed by atoms with Gasteiger partial charge < -0.3 is 0 Å². The van der Waals surface area contributed by atoms with Crippen molar-refractivity contribution in [3.63, 3.8) is 0 Å². The van der Waals surface area contributed by atoms with E-state index in [0.717, 1.165) is 24.1 Å². The van der Waals surface area contributed by atoms with Crippen molar-refractivity contribution in [2.24, 2.45) is 0 Å². The van der Waals surface area contributed by atoms with Crippen LogP contribution in [0.5, 0.6) is 0 Å². The number of pyridine rings is 1. The number of carbonyl (C=O) groups excluding carboxylic acids is 1. The number of hydrogen-bond donors (Lipinski definition) is 1. The van der Waals surface area contributed by atoms with E-state index >= 15 is 0 Å². The molecule has 1 aliphatic carbocycles. The Morgan fingerprint density at radius 3 is 2.95 bits per heavy atom. The van der Waals surface area contributed by atoms with Gasteiger partial charge >= 0.3 is 130 Å². The van der Waals surface area contributed by atoms with E-state index in [4.69, 9.17) is 0 Å². The van der Waals surface area contributed by atoms with Crippen molar-refractivity contribution in [1.29, 1.82) is 0 Å². The van der Waals surface area contributed by atoms with Crippen molar-refractivity contribution in [2.75, 3.05) is 2.89 Å². The second-order valence-corrected chi connectivity index (χ2v) is 8.72. The zero-order valence-electron chi connectivity index (χ0n) is 11.5. The summed E-state index contributed by atoms with van der Waals surface area (Å²) in [4.78, 5) is 16.4. The van der Waals surface area contributed by atoms with Crippen molar-refractivity contribution in [3.8, 4) is 0 Å². The summed E-state index contributed by atoms with van der Waals surface area (Å²) in [5.74, 6) is 0.106. The third-order valence-electron chi connectivity index (χ3n) is 3.84. The third kappa shape index (κ3) is 3.32. The van der Waals surface area contributed by atoms with Gasteiger partial charge in [0.05, 0.1) is 0 Å². The molecule has 0 bridgehead atoms. The average Bonchev–Trinajstić information content (AvgIpc) is 2.99. The Morgan fingerprint density at radius 1 is 1.35 bits per heavy atom. The van der Waals surface area contributed by atoms with Crippen molar-refractivity contribution in [2.45, 2.75) is 38.1 Å². The SMILES string of the molecule is O=C(NC1CCCCC1)C1=C[N](c2cccnc2)[In]=[CH]1. The molecular weight excluding hydrogens is 353 g/mol. The molecule has 4 nitrogen and oxygen atoms in total. The Morgan fingerprint density at radius 2 is 2.20 bits per heavy atom. The molecule has 20 heavy (non-hydrogen) atoms. The molecule has 1 aromatic rings. The van der Waals surface area contributed by atoms with Crippen LogP contribution in [0.4, 0.5) is 5.69 Å². The van der Waals surface area contributed by atoms with Gasteiger partial charge in [0, 0.05) is 0 Å². The van der Waals surface area contributed by atoms with Crippen LogP contribution in [0.25, 0.3) is 0 Å². The number of carbonyl (C=O) groups is 1. The minimum absolute atomic E-state index is 0.106. The number of hydrogen-bond acceptors (Lipinski definition) is 3. The monoisotopic (exact) mass is 371 g/mol. The Balaban J connectivity index is 1.63. The quantitative estimate of drug-likeness (QED) is 0.879. The fraction of sp³-hybridized carbons (Fsp3) is 0.400. The second-order valence-electron chi connectivity index (χ2n) is 5.33. The van der Waals surface area contributed by atoms with E-state index in [1.165, 1.54) is 19.3 Å². The molecule has 0 aromatic carbocycles. The van der Waals surface area contributed by atoms with Gasteiger partial charge in [0.25, 0.3) is 0 Å². The van der Waals surface area contributed by atoms with E-state index in [9.17, 15) is 4.79 Å². The van der Waals surface area contributed by atoms with Crippen molar-refractivity contribution < 1.29 is 4.79 Å². The van der Waals surface area contributed by atoms with Crippen molar-refractivity contribution in [1.82, 2.24) is 10.3 Å². The number of amides is 1. The van der Waals surface area contributed by atoms with Crippen LogP contribution < -0.4 is 8.20 Å². The molecule has 1 fully saturated rings. The fourth-order valence-corrected chi connectivity index (χ4v) is 5.94. The number of rotatable bonds is 3. The van der Waals surface area contributed by atoms with Crippen molar-refractivity contribution >= 4 is 38.1 Å². The summed E-state index contributed by atoms with van der Waals surface area (Å²) in [6.07, 6.45) is 11.7. The molecule has 0 atom stereocenters. The number of nitrogens with zero attached hydrogens (tertiary/aromatic N) is 2. The molecule has 0 saturated heterocycles. The molecular formula is C15H18InN3O. The molecule has 0 spiro atoms. The number of aromatic nitrogens is 1. The maximum absolute atomic E-state index is 12.3. The van der Waals surface area contributed by atoms with E-state index in [1.807, 2.05) is 24.5 Å². The topological polar surface area (TPSA) is 45.2 Å². The standard InChI is InChI=1S/C15H19N3O.In/c1-12(10-17-14-8-5-9-16-11-14)15(19)18-13-6-3-2-4-7-13;/h1,5,8-11,13H,2-4,6-7H2,(H2,17,18,19);/q;+1/p-1. The van der Waals surface area contributed by atoms with Gasteiger partial charge in [-0.25, -0.2) is 0 Å². The second kappa shape index (κ2) is 6.57. The Hall–Kier alpha value is -1.10. The zero-order valence-corrected chi connectivity index (χ0v) is 14.8. The van der Waals surface area contributed by atoms with Crippen LogP contribution in [-0.4, -0.2) is 43.4 Å². The van der Waals surface area contributed by atoms with Crippen LogP contribution >= 0.6 is 0 Å². The first kappa shape index (κ1) is 13.9. The summed E-state index contributed by atoms with van der Waals surface area (Å²) in [6, 6.07) is 4.36. The van der Waals surface area contributed by atoms with Gasteiger partial charge in [-0.15, -0.1) is 0 Å². The van der Waals surface area contributed by atoms with Crippen LogP contribution in [0.1, 0.15) is 32.1 Å². The summed E-state index contributed by atoms with van der Waals surface area (Å²) in [6.45, 7) is 0. The van der Waals surface area contributed by atoms with Crippen LogP contribution in [0, 0.1) is 0 Å². The average molecular weight is 371 g/mol. The predicted octanol–water partition coefficient (Wildman–Crippen LogP) is 1.66. The van der Waals surface area contributed by atoms with Crippen LogP contribution in [-0.2, 0) is 4.79 Å². The van der Waals surface area contributed by atoms with Crippen LogP contribution in [0.3, 0.4) is 0 Å². The Labute approximate surface area is 130 Å². The van der Waals surface area contributed by atoms with E-state index in [-0.39, 0.29) is 5.91 Å². The first-order valence-electron chi connectivity index (χ1n) is 7.22. The summed E-state index contributed by atoms with van der Waals surface area (Å²) in [5, 5.41) is 3.18. The zero-order chi connectivity index (χ0) is 13.8. The molecule has 1 aromatic heterocycles. The van der Waals surface area contributed by atoms with E-state index < -0.39 is 22.7 Å². The summed E-state index contributed by atoms with van der Waals surface area (Å²) >= 11 is -1.03.